The van der Waals surface area contributed by atoms with Crippen LogP contribution in [0.25, 0.3) is 0 Å². The number of aryl methyl sites for hydroxylation is 1. The molecule has 2 aliphatic rings. The molecule has 1 aliphatic heterocycles. The molecule has 1 aliphatic carbocycles. The smallest absolute Gasteiger partial charge is 0.240 e. The van der Waals surface area contributed by atoms with Crippen LogP contribution >= 0.6 is 0 Å². The lowest BCUT2D eigenvalue weighted by atomic mass is 9.62. The molecule has 1 aromatic carbocycles. The molecule has 0 unspecified atom stereocenters. The molecule has 3 nitrogen and oxygen atoms in total. The SMILES string of the molecule is Cc1ccc(N2C(=O)[C@H]3CC[C@@](C)(C2=O)C3(C)C)cc1. The lowest BCUT2D eigenvalue weighted by Gasteiger charge is -2.47. The molecule has 0 radical (unpaired) electrons. The van der Waals surface area contributed by atoms with Gasteiger partial charge < -0.3 is 0 Å². The zero-order valence-corrected chi connectivity index (χ0v) is 12.6. The zero-order valence-electron chi connectivity index (χ0n) is 12.6. The summed E-state index contributed by atoms with van der Waals surface area (Å²) >= 11 is 0. The minimum Gasteiger partial charge on any atom is -0.274 e. The summed E-state index contributed by atoms with van der Waals surface area (Å²) < 4.78 is 0. The van der Waals surface area contributed by atoms with Crippen molar-refractivity contribution < 1.29 is 9.59 Å². The van der Waals surface area contributed by atoms with Gasteiger partial charge in [0, 0.05) is 5.92 Å². The summed E-state index contributed by atoms with van der Waals surface area (Å²) in [6.45, 7) is 8.14. The maximum absolute atomic E-state index is 12.9. The van der Waals surface area contributed by atoms with E-state index in [9.17, 15) is 9.59 Å². The van der Waals surface area contributed by atoms with Crippen LogP contribution in [0.5, 0.6) is 0 Å². The van der Waals surface area contributed by atoms with Crippen molar-refractivity contribution in [3.8, 4) is 0 Å². The average molecular weight is 271 g/mol. The van der Waals surface area contributed by atoms with Crippen molar-refractivity contribution in [1.29, 1.82) is 0 Å². The highest BCUT2D eigenvalue weighted by molar-refractivity contribution is 6.20. The van der Waals surface area contributed by atoms with Gasteiger partial charge in [0.25, 0.3) is 0 Å². The van der Waals surface area contributed by atoms with Crippen LogP contribution < -0.4 is 4.90 Å². The van der Waals surface area contributed by atoms with Crippen LogP contribution in [-0.4, -0.2) is 11.8 Å². The van der Waals surface area contributed by atoms with Crippen LogP contribution in [0.2, 0.25) is 0 Å². The summed E-state index contributed by atoms with van der Waals surface area (Å²) in [6, 6.07) is 7.62. The van der Waals surface area contributed by atoms with E-state index in [4.69, 9.17) is 0 Å². The summed E-state index contributed by atoms with van der Waals surface area (Å²) in [6.07, 6.45) is 1.62. The van der Waals surface area contributed by atoms with Gasteiger partial charge in [-0.3, -0.25) is 9.59 Å². The van der Waals surface area contributed by atoms with Crippen molar-refractivity contribution in [3.05, 3.63) is 29.8 Å². The maximum atomic E-state index is 12.9. The zero-order chi connectivity index (χ0) is 14.7. The Balaban J connectivity index is 2.09. The molecule has 2 bridgehead atoms. The Kier molecular flexibility index (Phi) is 2.63. The van der Waals surface area contributed by atoms with Gasteiger partial charge in [-0.1, -0.05) is 38.5 Å². The van der Waals surface area contributed by atoms with Gasteiger partial charge in [-0.05, 0) is 37.3 Å². The molecule has 0 spiro atoms. The number of piperidine rings is 1. The highest BCUT2D eigenvalue weighted by Crippen LogP contribution is 2.60. The summed E-state index contributed by atoms with van der Waals surface area (Å²) in [5.41, 5.74) is 1.15. The second-order valence-electron chi connectivity index (χ2n) is 6.96. The van der Waals surface area contributed by atoms with Crippen LogP contribution in [0, 0.1) is 23.7 Å². The van der Waals surface area contributed by atoms with Crippen LogP contribution in [0.4, 0.5) is 5.69 Å². The van der Waals surface area contributed by atoms with Crippen molar-refractivity contribution in [1.82, 2.24) is 0 Å². The number of benzene rings is 1. The molecule has 2 amide bonds. The number of anilines is 1. The molecular formula is C17H21NO2. The number of rotatable bonds is 1. The first-order valence-corrected chi connectivity index (χ1v) is 7.24. The number of amides is 2. The van der Waals surface area contributed by atoms with Crippen molar-refractivity contribution in [3.63, 3.8) is 0 Å². The van der Waals surface area contributed by atoms with Gasteiger partial charge in [0.15, 0.2) is 0 Å². The Morgan fingerprint density at radius 1 is 1.10 bits per heavy atom. The first-order valence-electron chi connectivity index (χ1n) is 7.24. The molecule has 2 atom stereocenters. The van der Waals surface area contributed by atoms with Gasteiger partial charge in [0.1, 0.15) is 0 Å². The molecular weight excluding hydrogens is 250 g/mol. The number of hydrogen-bond donors (Lipinski definition) is 0. The molecule has 1 aromatic rings. The lowest BCUT2D eigenvalue weighted by molar-refractivity contribution is -0.146. The third kappa shape index (κ3) is 1.46. The Hall–Kier alpha value is -1.64. The van der Waals surface area contributed by atoms with E-state index in [-0.39, 0.29) is 23.1 Å². The standard InChI is InChI=1S/C17H21NO2/c1-11-5-7-12(8-6-11)18-14(19)13-9-10-17(4,15(18)20)16(13,2)3/h5-8,13H,9-10H2,1-4H3/t13-,17+/m1/s1. The van der Waals surface area contributed by atoms with Crippen LogP contribution in [0.3, 0.4) is 0 Å². The van der Waals surface area contributed by atoms with Crippen molar-refractivity contribution in [2.45, 2.75) is 40.5 Å². The quantitative estimate of drug-likeness (QED) is 0.735. The number of carbonyl (C=O) groups excluding carboxylic acids is 2. The molecule has 2 fully saturated rings. The van der Waals surface area contributed by atoms with E-state index in [2.05, 4.69) is 13.8 Å². The highest BCUT2D eigenvalue weighted by Gasteiger charge is 2.64. The molecule has 106 valence electrons. The van der Waals surface area contributed by atoms with E-state index in [1.807, 2.05) is 38.1 Å². The molecule has 1 saturated heterocycles. The highest BCUT2D eigenvalue weighted by atomic mass is 16.2. The topological polar surface area (TPSA) is 37.4 Å². The van der Waals surface area contributed by atoms with Crippen LogP contribution in [0.1, 0.15) is 39.2 Å². The molecule has 20 heavy (non-hydrogen) atoms. The van der Waals surface area contributed by atoms with Gasteiger partial charge in [-0.15, -0.1) is 0 Å². The first-order chi connectivity index (χ1) is 9.29. The summed E-state index contributed by atoms with van der Waals surface area (Å²) in [7, 11) is 0. The number of fused-ring (bicyclic) bond motifs is 2. The van der Waals surface area contributed by atoms with E-state index in [0.29, 0.717) is 5.69 Å². The van der Waals surface area contributed by atoms with E-state index in [1.54, 1.807) is 0 Å². The van der Waals surface area contributed by atoms with Gasteiger partial charge in [0.05, 0.1) is 11.1 Å². The predicted molar refractivity (Wildman–Crippen MR) is 78.3 cm³/mol. The van der Waals surface area contributed by atoms with Gasteiger partial charge in [0.2, 0.25) is 11.8 Å². The van der Waals surface area contributed by atoms with Crippen LogP contribution in [-0.2, 0) is 9.59 Å². The third-order valence-electron chi connectivity index (χ3n) is 5.71. The van der Waals surface area contributed by atoms with Crippen LogP contribution in [0.15, 0.2) is 24.3 Å². The fourth-order valence-corrected chi connectivity index (χ4v) is 3.76. The summed E-state index contributed by atoms with van der Waals surface area (Å²) in [5, 5.41) is 0. The van der Waals surface area contributed by atoms with Crippen molar-refractivity contribution in [2.24, 2.45) is 16.7 Å². The molecule has 3 heteroatoms. The first kappa shape index (κ1) is 13.3. The molecule has 3 rings (SSSR count). The fourth-order valence-electron chi connectivity index (χ4n) is 3.76. The molecule has 1 heterocycles. The Bertz CT molecular complexity index is 588. The molecule has 1 saturated carbocycles. The minimum atomic E-state index is -0.434. The van der Waals surface area contributed by atoms with Gasteiger partial charge in [-0.2, -0.15) is 0 Å². The number of imide groups is 1. The normalized spacial score (nSPS) is 31.8. The second kappa shape index (κ2) is 3.94. The van der Waals surface area contributed by atoms with Gasteiger partial charge in [-0.25, -0.2) is 4.90 Å². The molecule has 0 N–H and O–H groups in total. The van der Waals surface area contributed by atoms with Crippen molar-refractivity contribution >= 4 is 17.5 Å². The Labute approximate surface area is 120 Å². The van der Waals surface area contributed by atoms with E-state index in [0.717, 1.165) is 18.4 Å². The number of nitrogens with zero attached hydrogens (tertiary/aromatic N) is 1. The largest absolute Gasteiger partial charge is 0.274 e. The van der Waals surface area contributed by atoms with E-state index in [1.165, 1.54) is 4.90 Å². The Morgan fingerprint density at radius 3 is 2.30 bits per heavy atom. The summed E-state index contributed by atoms with van der Waals surface area (Å²) in [5.74, 6) is -0.115. The molecule has 0 aromatic heterocycles. The monoisotopic (exact) mass is 271 g/mol. The predicted octanol–water partition coefficient (Wildman–Crippen LogP) is 3.31. The minimum absolute atomic E-state index is 0.0289. The van der Waals surface area contributed by atoms with Gasteiger partial charge >= 0.3 is 0 Å². The fraction of sp³-hybridized carbons (Fsp3) is 0.529. The third-order valence-corrected chi connectivity index (χ3v) is 5.71. The van der Waals surface area contributed by atoms with E-state index >= 15 is 0 Å². The second-order valence-corrected chi connectivity index (χ2v) is 6.96. The Morgan fingerprint density at radius 2 is 1.70 bits per heavy atom. The number of carbonyl (C=O) groups is 2. The maximum Gasteiger partial charge on any atom is 0.240 e. The van der Waals surface area contributed by atoms with E-state index < -0.39 is 5.41 Å². The average Bonchev–Trinajstić information content (AvgIpc) is 2.57. The number of hydrogen-bond acceptors (Lipinski definition) is 2. The van der Waals surface area contributed by atoms with Crippen molar-refractivity contribution in [2.75, 3.05) is 4.90 Å². The lowest BCUT2D eigenvalue weighted by Crippen LogP contribution is -2.59. The summed E-state index contributed by atoms with van der Waals surface area (Å²) in [4.78, 5) is 27.1.